The lowest BCUT2D eigenvalue weighted by molar-refractivity contribution is -0.130. The molecule has 1 aliphatic heterocycles. The quantitative estimate of drug-likeness (QED) is 0.798. The van der Waals surface area contributed by atoms with Crippen LogP contribution in [0.5, 0.6) is 11.5 Å². The smallest absolute Gasteiger partial charge is 0.251 e. The summed E-state index contributed by atoms with van der Waals surface area (Å²) in [5.41, 5.74) is 1.92. The van der Waals surface area contributed by atoms with E-state index in [9.17, 15) is 9.59 Å². The number of rotatable bonds is 7. The van der Waals surface area contributed by atoms with Gasteiger partial charge in [-0.3, -0.25) is 9.59 Å². The van der Waals surface area contributed by atoms with Gasteiger partial charge in [-0.2, -0.15) is 5.26 Å². The highest BCUT2D eigenvalue weighted by Gasteiger charge is 2.18. The number of hydrogen-bond donors (Lipinski definition) is 1. The van der Waals surface area contributed by atoms with Crippen molar-refractivity contribution in [3.8, 4) is 17.6 Å². The Hall–Kier alpha value is -3.53. The maximum atomic E-state index is 12.6. The number of amides is 2. The normalized spacial score (nSPS) is 11.6. The summed E-state index contributed by atoms with van der Waals surface area (Å²) in [7, 11) is 0. The zero-order valence-electron chi connectivity index (χ0n) is 15.6. The highest BCUT2D eigenvalue weighted by molar-refractivity contribution is 5.97. The Balaban J connectivity index is 1.58. The van der Waals surface area contributed by atoms with Gasteiger partial charge in [0.2, 0.25) is 12.7 Å². The van der Waals surface area contributed by atoms with E-state index in [0.717, 1.165) is 12.0 Å². The van der Waals surface area contributed by atoms with Gasteiger partial charge in [0.05, 0.1) is 18.2 Å². The highest BCUT2D eigenvalue weighted by Crippen LogP contribution is 2.32. The standard InChI is InChI=1S/C21H21N3O4/c1-2-9-24(13-16-5-3-15(11-22)4-6-16)20(25)12-23-21(26)17-7-8-18-19(10-17)28-14-27-18/h3-8,10H,2,9,12-14H2,1H3,(H,23,26). The van der Waals surface area contributed by atoms with Crippen LogP contribution in [0, 0.1) is 11.3 Å². The van der Waals surface area contributed by atoms with Crippen LogP contribution in [0.3, 0.4) is 0 Å². The van der Waals surface area contributed by atoms with Crippen LogP contribution in [0.25, 0.3) is 0 Å². The fourth-order valence-corrected chi connectivity index (χ4v) is 2.87. The molecule has 0 spiro atoms. The molecule has 2 amide bonds. The minimum absolute atomic E-state index is 0.0937. The Labute approximate surface area is 163 Å². The number of nitrogens with zero attached hydrogens (tertiary/aromatic N) is 2. The minimum atomic E-state index is -0.346. The van der Waals surface area contributed by atoms with Gasteiger partial charge in [0.1, 0.15) is 0 Å². The number of nitriles is 1. The summed E-state index contributed by atoms with van der Waals surface area (Å²) in [4.78, 5) is 26.6. The first-order chi connectivity index (χ1) is 13.6. The number of carbonyl (C=O) groups is 2. The molecule has 2 aromatic rings. The van der Waals surface area contributed by atoms with Gasteiger partial charge in [-0.25, -0.2) is 0 Å². The molecule has 0 aliphatic carbocycles. The van der Waals surface area contributed by atoms with Crippen molar-refractivity contribution in [3.63, 3.8) is 0 Å². The molecule has 0 fully saturated rings. The second kappa shape index (κ2) is 8.91. The van der Waals surface area contributed by atoms with Crippen molar-refractivity contribution in [2.24, 2.45) is 0 Å². The van der Waals surface area contributed by atoms with Crippen LogP contribution in [-0.2, 0) is 11.3 Å². The predicted octanol–water partition coefficient (Wildman–Crippen LogP) is 2.46. The lowest BCUT2D eigenvalue weighted by atomic mass is 10.1. The molecule has 0 radical (unpaired) electrons. The van der Waals surface area contributed by atoms with Crippen LogP contribution in [-0.4, -0.2) is 36.6 Å². The van der Waals surface area contributed by atoms with Gasteiger partial charge < -0.3 is 19.7 Å². The van der Waals surface area contributed by atoms with Crippen LogP contribution in [0.4, 0.5) is 0 Å². The van der Waals surface area contributed by atoms with Crippen LogP contribution < -0.4 is 14.8 Å². The molecule has 0 aromatic heterocycles. The summed E-state index contributed by atoms with van der Waals surface area (Å²) in [6, 6.07) is 14.1. The van der Waals surface area contributed by atoms with Crippen LogP contribution >= 0.6 is 0 Å². The summed E-state index contributed by atoms with van der Waals surface area (Å²) in [5.74, 6) is 0.610. The summed E-state index contributed by atoms with van der Waals surface area (Å²) in [6.45, 7) is 3.05. The number of benzene rings is 2. The van der Waals surface area contributed by atoms with Crippen molar-refractivity contribution in [2.45, 2.75) is 19.9 Å². The van der Waals surface area contributed by atoms with Gasteiger partial charge in [-0.05, 0) is 42.3 Å². The summed E-state index contributed by atoms with van der Waals surface area (Å²) in [5, 5.41) is 11.5. The largest absolute Gasteiger partial charge is 0.454 e. The fraction of sp³-hybridized carbons (Fsp3) is 0.286. The molecule has 0 unspecified atom stereocenters. The Bertz CT molecular complexity index is 903. The van der Waals surface area contributed by atoms with Gasteiger partial charge in [0, 0.05) is 18.7 Å². The molecular weight excluding hydrogens is 358 g/mol. The molecule has 144 valence electrons. The maximum Gasteiger partial charge on any atom is 0.251 e. The second-order valence-electron chi connectivity index (χ2n) is 6.37. The fourth-order valence-electron chi connectivity index (χ4n) is 2.87. The molecule has 0 atom stereocenters. The molecule has 1 aliphatic rings. The average Bonchev–Trinajstić information content (AvgIpc) is 3.19. The number of fused-ring (bicyclic) bond motifs is 1. The maximum absolute atomic E-state index is 12.6. The van der Waals surface area contributed by atoms with Crippen LogP contribution in [0.2, 0.25) is 0 Å². The predicted molar refractivity (Wildman–Crippen MR) is 102 cm³/mol. The molecule has 1 heterocycles. The Morgan fingerprint density at radius 2 is 1.89 bits per heavy atom. The van der Waals surface area contributed by atoms with E-state index in [1.807, 2.05) is 19.1 Å². The van der Waals surface area contributed by atoms with Crippen LogP contribution in [0.15, 0.2) is 42.5 Å². The molecule has 0 saturated carbocycles. The molecule has 0 bridgehead atoms. The molecule has 1 N–H and O–H groups in total. The first-order valence-corrected chi connectivity index (χ1v) is 9.05. The van der Waals surface area contributed by atoms with Crippen molar-refractivity contribution < 1.29 is 19.1 Å². The van der Waals surface area contributed by atoms with Gasteiger partial charge in [-0.1, -0.05) is 19.1 Å². The Morgan fingerprint density at radius 1 is 1.14 bits per heavy atom. The van der Waals surface area contributed by atoms with Gasteiger partial charge in [0.15, 0.2) is 11.5 Å². The highest BCUT2D eigenvalue weighted by atomic mass is 16.7. The number of nitrogens with one attached hydrogen (secondary N) is 1. The van der Waals surface area contributed by atoms with Gasteiger partial charge in [-0.15, -0.1) is 0 Å². The number of ether oxygens (including phenoxy) is 2. The van der Waals surface area contributed by atoms with Gasteiger partial charge in [0.25, 0.3) is 5.91 Å². The number of carbonyl (C=O) groups excluding carboxylic acids is 2. The van der Waals surface area contributed by atoms with E-state index in [4.69, 9.17) is 14.7 Å². The molecule has 28 heavy (non-hydrogen) atoms. The third-order valence-electron chi connectivity index (χ3n) is 4.34. The lowest BCUT2D eigenvalue weighted by Gasteiger charge is -2.22. The van der Waals surface area contributed by atoms with E-state index in [0.29, 0.717) is 35.7 Å². The van der Waals surface area contributed by atoms with Crippen molar-refractivity contribution in [3.05, 3.63) is 59.2 Å². The second-order valence-corrected chi connectivity index (χ2v) is 6.37. The molecule has 3 rings (SSSR count). The van der Waals surface area contributed by atoms with E-state index < -0.39 is 0 Å². The van der Waals surface area contributed by atoms with E-state index in [1.54, 1.807) is 35.2 Å². The summed E-state index contributed by atoms with van der Waals surface area (Å²) >= 11 is 0. The third kappa shape index (κ3) is 4.60. The average molecular weight is 379 g/mol. The number of hydrogen-bond acceptors (Lipinski definition) is 5. The Kier molecular flexibility index (Phi) is 6.12. The van der Waals surface area contributed by atoms with E-state index in [2.05, 4.69) is 11.4 Å². The SMILES string of the molecule is CCCN(Cc1ccc(C#N)cc1)C(=O)CNC(=O)c1ccc2c(c1)OCO2. The minimum Gasteiger partial charge on any atom is -0.454 e. The van der Waals surface area contributed by atoms with E-state index in [-0.39, 0.29) is 25.2 Å². The van der Waals surface area contributed by atoms with Crippen molar-refractivity contribution in [1.82, 2.24) is 10.2 Å². The molecule has 7 heteroatoms. The van der Waals surface area contributed by atoms with Crippen molar-refractivity contribution in [1.29, 1.82) is 5.26 Å². The molecule has 7 nitrogen and oxygen atoms in total. The first kappa shape index (κ1) is 19.2. The van der Waals surface area contributed by atoms with Crippen molar-refractivity contribution >= 4 is 11.8 Å². The third-order valence-corrected chi connectivity index (χ3v) is 4.34. The molecular formula is C21H21N3O4. The molecule has 0 saturated heterocycles. The summed E-state index contributed by atoms with van der Waals surface area (Å²) < 4.78 is 10.5. The topological polar surface area (TPSA) is 91.7 Å². The Morgan fingerprint density at radius 3 is 2.61 bits per heavy atom. The zero-order chi connectivity index (χ0) is 19.9. The van der Waals surface area contributed by atoms with E-state index in [1.165, 1.54) is 0 Å². The molecule has 2 aromatic carbocycles. The van der Waals surface area contributed by atoms with Gasteiger partial charge >= 0.3 is 0 Å². The summed E-state index contributed by atoms with van der Waals surface area (Å²) in [6.07, 6.45) is 0.804. The first-order valence-electron chi connectivity index (χ1n) is 9.05. The van der Waals surface area contributed by atoms with E-state index >= 15 is 0 Å². The zero-order valence-corrected chi connectivity index (χ0v) is 15.6. The lowest BCUT2D eigenvalue weighted by Crippen LogP contribution is -2.40. The van der Waals surface area contributed by atoms with Crippen LogP contribution in [0.1, 0.15) is 34.8 Å². The monoisotopic (exact) mass is 379 g/mol. The van der Waals surface area contributed by atoms with Crippen molar-refractivity contribution in [2.75, 3.05) is 19.9 Å².